The maximum atomic E-state index is 13.6. The summed E-state index contributed by atoms with van der Waals surface area (Å²) in [6.07, 6.45) is -1.09. The predicted molar refractivity (Wildman–Crippen MR) is 53.2 cm³/mol. The molecule has 1 aliphatic rings. The quantitative estimate of drug-likeness (QED) is 0.744. The maximum absolute atomic E-state index is 13.6. The summed E-state index contributed by atoms with van der Waals surface area (Å²) in [5.74, 6) is -0.416. The van der Waals surface area contributed by atoms with Gasteiger partial charge in [0.25, 0.3) is 0 Å². The summed E-state index contributed by atoms with van der Waals surface area (Å²) in [5, 5.41) is 8.64. The van der Waals surface area contributed by atoms with Crippen molar-refractivity contribution in [3.8, 4) is 0 Å². The summed E-state index contributed by atoms with van der Waals surface area (Å²) in [4.78, 5) is 12.4. The molecule has 1 N–H and O–H groups in total. The predicted octanol–water partition coefficient (Wildman–Crippen LogP) is 0.343. The van der Waals surface area contributed by atoms with E-state index in [4.69, 9.17) is 9.84 Å². The van der Waals surface area contributed by atoms with Gasteiger partial charge in [0.2, 0.25) is 5.91 Å². The Hall–Kier alpha value is -0.680. The molecule has 0 aromatic rings. The fraction of sp³-hybridized carbons (Fsp3) is 0.900. The van der Waals surface area contributed by atoms with Gasteiger partial charge in [0.05, 0.1) is 18.8 Å². The Labute approximate surface area is 89.0 Å². The van der Waals surface area contributed by atoms with Gasteiger partial charge in [-0.3, -0.25) is 4.79 Å². The zero-order valence-electron chi connectivity index (χ0n) is 9.15. The third-order valence-corrected chi connectivity index (χ3v) is 2.42. The molecule has 0 saturated carbocycles. The summed E-state index contributed by atoms with van der Waals surface area (Å²) < 4.78 is 18.9. The molecule has 0 aromatic heterocycles. The Balaban J connectivity index is 2.44. The average Bonchev–Trinajstić information content (AvgIpc) is 2.19. The van der Waals surface area contributed by atoms with E-state index in [1.165, 1.54) is 4.90 Å². The van der Waals surface area contributed by atoms with Gasteiger partial charge < -0.3 is 14.7 Å². The molecule has 1 unspecified atom stereocenters. The van der Waals surface area contributed by atoms with Crippen LogP contribution < -0.4 is 0 Å². The Bertz CT molecular complexity index is 223. The molecule has 1 amide bonds. The van der Waals surface area contributed by atoms with Gasteiger partial charge >= 0.3 is 0 Å². The number of hydrogen-bond donors (Lipinski definition) is 1. The number of rotatable bonds is 3. The third-order valence-electron chi connectivity index (χ3n) is 2.42. The number of piperidine rings is 1. The van der Waals surface area contributed by atoms with Crippen molar-refractivity contribution in [2.45, 2.75) is 38.6 Å². The first-order chi connectivity index (χ1) is 7.04. The lowest BCUT2D eigenvalue weighted by Gasteiger charge is -2.35. The van der Waals surface area contributed by atoms with Crippen molar-refractivity contribution in [2.24, 2.45) is 0 Å². The second-order valence-electron chi connectivity index (χ2n) is 4.03. The van der Waals surface area contributed by atoms with E-state index in [9.17, 15) is 9.18 Å². The van der Waals surface area contributed by atoms with Crippen LogP contribution in [0, 0.1) is 0 Å². The van der Waals surface area contributed by atoms with Gasteiger partial charge in [-0.2, -0.15) is 0 Å². The number of aliphatic hydroxyl groups is 1. The van der Waals surface area contributed by atoms with E-state index in [1.807, 2.05) is 13.8 Å². The van der Waals surface area contributed by atoms with Crippen LogP contribution in [0.1, 0.15) is 20.3 Å². The van der Waals surface area contributed by atoms with Gasteiger partial charge in [0.15, 0.2) is 0 Å². The Morgan fingerprint density at radius 1 is 1.67 bits per heavy atom. The monoisotopic (exact) mass is 219 g/mol. The summed E-state index contributed by atoms with van der Waals surface area (Å²) in [6, 6.07) is 0. The lowest BCUT2D eigenvalue weighted by Crippen LogP contribution is -2.49. The smallest absolute Gasteiger partial charge is 0.248 e. The molecule has 0 spiro atoms. The highest BCUT2D eigenvalue weighted by Gasteiger charge is 2.32. The molecule has 2 atom stereocenters. The van der Waals surface area contributed by atoms with E-state index in [-0.39, 0.29) is 12.6 Å². The number of carbonyl (C=O) groups excluding carboxylic acids is 1. The number of amides is 1. The molecular weight excluding hydrogens is 201 g/mol. The molecule has 4 nitrogen and oxygen atoms in total. The van der Waals surface area contributed by atoms with Gasteiger partial charge in [0, 0.05) is 6.54 Å². The van der Waals surface area contributed by atoms with E-state index >= 15 is 0 Å². The lowest BCUT2D eigenvalue weighted by molar-refractivity contribution is -0.141. The maximum Gasteiger partial charge on any atom is 0.248 e. The van der Waals surface area contributed by atoms with Gasteiger partial charge in [-0.05, 0) is 20.3 Å². The van der Waals surface area contributed by atoms with Crippen LogP contribution in [-0.2, 0) is 9.53 Å². The Kier molecular flexibility index (Phi) is 4.47. The third kappa shape index (κ3) is 3.43. The average molecular weight is 219 g/mol. The highest BCUT2D eigenvalue weighted by atomic mass is 19.1. The minimum Gasteiger partial charge on any atom is -0.387 e. The number of aliphatic hydroxyl groups excluding tert-OH is 1. The molecule has 5 heteroatoms. The second-order valence-corrected chi connectivity index (χ2v) is 4.03. The summed E-state index contributed by atoms with van der Waals surface area (Å²) in [7, 11) is 0. The van der Waals surface area contributed by atoms with Crippen LogP contribution in [0.15, 0.2) is 0 Å². The number of alkyl halides is 1. The number of hydrogen-bond acceptors (Lipinski definition) is 3. The van der Waals surface area contributed by atoms with E-state index in [1.54, 1.807) is 0 Å². The zero-order valence-corrected chi connectivity index (χ0v) is 9.15. The molecule has 0 aliphatic carbocycles. The molecule has 0 bridgehead atoms. The molecule has 88 valence electrons. The fourth-order valence-corrected chi connectivity index (χ4v) is 1.71. The molecule has 1 saturated heterocycles. The Morgan fingerprint density at radius 3 is 2.80 bits per heavy atom. The fourth-order valence-electron chi connectivity index (χ4n) is 1.71. The standard InChI is InChI=1S/C10H18FNO3/c1-7(2)15-9-3-4-12(5-8(9)11)10(14)6-13/h7-9,13H,3-6H2,1-2H3/t8-,9?/m1/s1. The summed E-state index contributed by atoms with van der Waals surface area (Å²) >= 11 is 0. The molecule has 1 heterocycles. The molecule has 1 fully saturated rings. The molecule has 0 radical (unpaired) electrons. The van der Waals surface area contributed by atoms with Gasteiger partial charge in [0.1, 0.15) is 12.8 Å². The van der Waals surface area contributed by atoms with E-state index < -0.39 is 24.8 Å². The van der Waals surface area contributed by atoms with Crippen LogP contribution in [0.25, 0.3) is 0 Å². The van der Waals surface area contributed by atoms with E-state index in [0.29, 0.717) is 13.0 Å². The number of nitrogens with zero attached hydrogens (tertiary/aromatic N) is 1. The minimum absolute atomic E-state index is 0.00616. The normalized spacial score (nSPS) is 27.1. The van der Waals surface area contributed by atoms with Crippen LogP contribution >= 0.6 is 0 Å². The number of carbonyl (C=O) groups is 1. The molecule has 1 rings (SSSR count). The molecule has 0 aromatic carbocycles. The van der Waals surface area contributed by atoms with Crippen molar-refractivity contribution in [1.29, 1.82) is 0 Å². The van der Waals surface area contributed by atoms with Crippen molar-refractivity contribution < 1.29 is 19.0 Å². The number of likely N-dealkylation sites (tertiary alicyclic amines) is 1. The minimum atomic E-state index is -1.16. The first-order valence-corrected chi connectivity index (χ1v) is 5.22. The van der Waals surface area contributed by atoms with E-state index in [2.05, 4.69) is 0 Å². The van der Waals surface area contributed by atoms with Crippen molar-refractivity contribution in [3.63, 3.8) is 0 Å². The van der Waals surface area contributed by atoms with Crippen molar-refractivity contribution in [1.82, 2.24) is 4.90 Å². The lowest BCUT2D eigenvalue weighted by atomic mass is 10.1. The van der Waals surface area contributed by atoms with Gasteiger partial charge in [-0.15, -0.1) is 0 Å². The number of ether oxygens (including phenoxy) is 1. The van der Waals surface area contributed by atoms with E-state index in [0.717, 1.165) is 0 Å². The van der Waals surface area contributed by atoms with Crippen molar-refractivity contribution in [3.05, 3.63) is 0 Å². The van der Waals surface area contributed by atoms with Crippen molar-refractivity contribution in [2.75, 3.05) is 19.7 Å². The topological polar surface area (TPSA) is 49.8 Å². The largest absolute Gasteiger partial charge is 0.387 e. The van der Waals surface area contributed by atoms with Crippen molar-refractivity contribution >= 4 is 5.91 Å². The first kappa shape index (κ1) is 12.4. The van der Waals surface area contributed by atoms with Crippen LogP contribution in [-0.4, -0.2) is 54.0 Å². The summed E-state index contributed by atoms with van der Waals surface area (Å²) in [5.41, 5.74) is 0. The zero-order chi connectivity index (χ0) is 11.4. The molecule has 1 aliphatic heterocycles. The first-order valence-electron chi connectivity index (χ1n) is 5.22. The molecule has 15 heavy (non-hydrogen) atoms. The Morgan fingerprint density at radius 2 is 2.33 bits per heavy atom. The van der Waals surface area contributed by atoms with Crippen LogP contribution in [0.2, 0.25) is 0 Å². The second kappa shape index (κ2) is 5.42. The van der Waals surface area contributed by atoms with Gasteiger partial charge in [-0.1, -0.05) is 0 Å². The summed E-state index contributed by atoms with van der Waals surface area (Å²) in [6.45, 7) is 3.65. The van der Waals surface area contributed by atoms with Crippen LogP contribution in [0.3, 0.4) is 0 Å². The SMILES string of the molecule is CC(C)OC1CCN(C(=O)CO)C[C@H]1F. The highest BCUT2D eigenvalue weighted by Crippen LogP contribution is 2.18. The number of halogens is 1. The van der Waals surface area contributed by atoms with Gasteiger partial charge in [-0.25, -0.2) is 4.39 Å². The molecular formula is C10H18FNO3. The highest BCUT2D eigenvalue weighted by molar-refractivity contribution is 5.77. The van der Waals surface area contributed by atoms with Crippen LogP contribution in [0.4, 0.5) is 4.39 Å². The van der Waals surface area contributed by atoms with Crippen LogP contribution in [0.5, 0.6) is 0 Å².